The normalized spacial score (nSPS) is 11.1. The third-order valence-corrected chi connectivity index (χ3v) is 4.19. The van der Waals surface area contributed by atoms with E-state index in [4.69, 9.17) is 16.3 Å². The molecule has 3 rings (SSSR count). The molecule has 0 atom stereocenters. The standard InChI is InChI=1S/C23H18ClFN2O2/c24-20-11-7-17(8-12-20)16-29-21-13-9-19(10-14-21)23(28)27-26-15-3-5-18-4-1-2-6-22(18)25/h1-15H,16H2,(H,27,28). The molecule has 0 aliphatic rings. The van der Waals surface area contributed by atoms with E-state index in [1.165, 1.54) is 12.3 Å². The van der Waals surface area contributed by atoms with E-state index >= 15 is 0 Å². The van der Waals surface area contributed by atoms with Crippen molar-refractivity contribution in [1.29, 1.82) is 0 Å². The minimum Gasteiger partial charge on any atom is -0.489 e. The quantitative estimate of drug-likeness (QED) is 0.415. The van der Waals surface area contributed by atoms with Crippen molar-refractivity contribution in [3.63, 3.8) is 0 Å². The fraction of sp³-hybridized carbons (Fsp3) is 0.0435. The van der Waals surface area contributed by atoms with E-state index in [-0.39, 0.29) is 11.7 Å². The number of carbonyl (C=O) groups excluding carboxylic acids is 1. The lowest BCUT2D eigenvalue weighted by atomic mass is 10.2. The monoisotopic (exact) mass is 408 g/mol. The van der Waals surface area contributed by atoms with Crippen LogP contribution in [-0.4, -0.2) is 12.1 Å². The van der Waals surface area contributed by atoms with Crippen LogP contribution in [0.15, 0.2) is 84.0 Å². The summed E-state index contributed by atoms with van der Waals surface area (Å²) >= 11 is 5.86. The van der Waals surface area contributed by atoms with Gasteiger partial charge >= 0.3 is 0 Å². The first-order valence-electron chi connectivity index (χ1n) is 8.84. The van der Waals surface area contributed by atoms with Crippen LogP contribution in [0, 0.1) is 5.82 Å². The van der Waals surface area contributed by atoms with Crippen LogP contribution in [0.3, 0.4) is 0 Å². The predicted molar refractivity (Wildman–Crippen MR) is 114 cm³/mol. The maximum absolute atomic E-state index is 13.5. The molecule has 3 aromatic carbocycles. The Hall–Kier alpha value is -3.44. The topological polar surface area (TPSA) is 50.7 Å². The Balaban J connectivity index is 1.48. The van der Waals surface area contributed by atoms with Crippen LogP contribution in [0.4, 0.5) is 4.39 Å². The fourth-order valence-corrected chi connectivity index (χ4v) is 2.54. The van der Waals surface area contributed by atoms with Crippen molar-refractivity contribution < 1.29 is 13.9 Å². The van der Waals surface area contributed by atoms with E-state index in [9.17, 15) is 9.18 Å². The van der Waals surface area contributed by atoms with Crippen molar-refractivity contribution in [2.45, 2.75) is 6.61 Å². The van der Waals surface area contributed by atoms with Crippen molar-refractivity contribution in [3.8, 4) is 5.75 Å². The lowest BCUT2D eigenvalue weighted by Crippen LogP contribution is -2.17. The molecular weight excluding hydrogens is 391 g/mol. The zero-order chi connectivity index (χ0) is 20.5. The predicted octanol–water partition coefficient (Wildman–Crippen LogP) is 5.49. The lowest BCUT2D eigenvalue weighted by Gasteiger charge is -2.07. The van der Waals surface area contributed by atoms with Gasteiger partial charge in [-0.25, -0.2) is 9.82 Å². The molecule has 146 valence electrons. The number of hydrazone groups is 1. The van der Waals surface area contributed by atoms with Gasteiger partial charge in [-0.3, -0.25) is 4.79 Å². The van der Waals surface area contributed by atoms with Crippen LogP contribution in [0.25, 0.3) is 6.08 Å². The van der Waals surface area contributed by atoms with Crippen LogP contribution in [0.5, 0.6) is 5.75 Å². The summed E-state index contributed by atoms with van der Waals surface area (Å²) in [5, 5.41) is 4.50. The Kier molecular flexibility index (Phi) is 7.14. The first-order valence-corrected chi connectivity index (χ1v) is 9.21. The highest BCUT2D eigenvalue weighted by atomic mass is 35.5. The molecule has 4 nitrogen and oxygen atoms in total. The van der Waals surface area contributed by atoms with Crippen molar-refractivity contribution in [1.82, 2.24) is 5.43 Å². The van der Waals surface area contributed by atoms with E-state index in [1.54, 1.807) is 66.7 Å². The number of ether oxygens (including phenoxy) is 1. The van der Waals surface area contributed by atoms with Gasteiger partial charge in [0.05, 0.1) is 0 Å². The molecule has 0 aliphatic carbocycles. The van der Waals surface area contributed by atoms with Gasteiger partial charge in [0, 0.05) is 22.4 Å². The van der Waals surface area contributed by atoms with Gasteiger partial charge in [0.25, 0.3) is 5.91 Å². The van der Waals surface area contributed by atoms with E-state index in [0.717, 1.165) is 5.56 Å². The van der Waals surface area contributed by atoms with Crippen LogP contribution in [0.2, 0.25) is 5.02 Å². The molecule has 29 heavy (non-hydrogen) atoms. The Morgan fingerprint density at radius 1 is 1.03 bits per heavy atom. The van der Waals surface area contributed by atoms with Crippen molar-refractivity contribution in [3.05, 3.63) is 106 Å². The number of benzene rings is 3. The Bertz CT molecular complexity index is 1020. The molecule has 0 aliphatic heterocycles. The number of nitrogens with one attached hydrogen (secondary N) is 1. The highest BCUT2D eigenvalue weighted by Crippen LogP contribution is 2.16. The molecule has 0 saturated heterocycles. The molecule has 3 aromatic rings. The number of hydrogen-bond donors (Lipinski definition) is 1. The number of hydrogen-bond acceptors (Lipinski definition) is 3. The average Bonchev–Trinajstić information content (AvgIpc) is 2.74. The second kappa shape index (κ2) is 10.2. The maximum atomic E-state index is 13.5. The first kappa shape index (κ1) is 20.3. The van der Waals surface area contributed by atoms with E-state index in [2.05, 4.69) is 10.5 Å². The summed E-state index contributed by atoms with van der Waals surface area (Å²) < 4.78 is 19.2. The lowest BCUT2D eigenvalue weighted by molar-refractivity contribution is 0.0955. The number of rotatable bonds is 7. The average molecular weight is 409 g/mol. The summed E-state index contributed by atoms with van der Waals surface area (Å²) in [5.74, 6) is -0.0304. The Morgan fingerprint density at radius 3 is 2.48 bits per heavy atom. The molecule has 0 heterocycles. The van der Waals surface area contributed by atoms with Crippen molar-refractivity contribution >= 4 is 29.8 Å². The van der Waals surface area contributed by atoms with Crippen molar-refractivity contribution in [2.24, 2.45) is 5.10 Å². The van der Waals surface area contributed by atoms with Gasteiger partial charge < -0.3 is 4.74 Å². The summed E-state index contributed by atoms with van der Waals surface area (Å²) in [5.41, 5.74) is 4.30. The Labute approximate surface area is 173 Å². The number of carbonyl (C=O) groups is 1. The van der Waals surface area contributed by atoms with Gasteiger partial charge in [0.1, 0.15) is 18.2 Å². The molecule has 0 spiro atoms. The van der Waals surface area contributed by atoms with Gasteiger partial charge in [0.15, 0.2) is 0 Å². The zero-order valence-corrected chi connectivity index (χ0v) is 16.1. The Morgan fingerprint density at radius 2 is 1.76 bits per heavy atom. The van der Waals surface area contributed by atoms with Crippen LogP contribution in [-0.2, 0) is 6.61 Å². The van der Waals surface area contributed by atoms with Gasteiger partial charge in [-0.1, -0.05) is 48.0 Å². The first-order chi connectivity index (χ1) is 14.1. The number of nitrogens with zero attached hydrogens (tertiary/aromatic N) is 1. The largest absolute Gasteiger partial charge is 0.489 e. The number of halogens is 2. The molecule has 0 unspecified atom stereocenters. The molecule has 0 saturated carbocycles. The molecule has 6 heteroatoms. The van der Waals surface area contributed by atoms with E-state index < -0.39 is 0 Å². The highest BCUT2D eigenvalue weighted by Gasteiger charge is 2.04. The molecule has 0 radical (unpaired) electrons. The second-order valence-corrected chi connectivity index (χ2v) is 6.48. The molecule has 0 bridgehead atoms. The molecular formula is C23H18ClFN2O2. The van der Waals surface area contributed by atoms with E-state index in [1.807, 2.05) is 12.1 Å². The molecule has 1 amide bonds. The summed E-state index contributed by atoms with van der Waals surface area (Å²) in [6, 6.07) is 20.5. The summed E-state index contributed by atoms with van der Waals surface area (Å²) in [6.45, 7) is 0.404. The third-order valence-electron chi connectivity index (χ3n) is 3.94. The SMILES string of the molecule is O=C(NN=CC=Cc1ccccc1F)c1ccc(OCc2ccc(Cl)cc2)cc1. The molecule has 0 aromatic heterocycles. The molecule has 0 fully saturated rings. The van der Waals surface area contributed by atoms with Crippen LogP contribution < -0.4 is 10.2 Å². The minimum atomic E-state index is -0.357. The fourth-order valence-electron chi connectivity index (χ4n) is 2.41. The van der Waals surface area contributed by atoms with Crippen LogP contribution in [0.1, 0.15) is 21.5 Å². The number of amides is 1. The third kappa shape index (κ3) is 6.30. The van der Waals surface area contributed by atoms with Gasteiger partial charge in [-0.05, 0) is 54.1 Å². The highest BCUT2D eigenvalue weighted by molar-refractivity contribution is 6.30. The minimum absolute atomic E-state index is 0.320. The maximum Gasteiger partial charge on any atom is 0.271 e. The summed E-state index contributed by atoms with van der Waals surface area (Å²) in [7, 11) is 0. The van der Waals surface area contributed by atoms with Gasteiger partial charge in [-0.2, -0.15) is 5.10 Å². The number of allylic oxidation sites excluding steroid dienone is 1. The molecule has 1 N–H and O–H groups in total. The van der Waals surface area contributed by atoms with E-state index in [0.29, 0.717) is 28.5 Å². The van der Waals surface area contributed by atoms with Crippen molar-refractivity contribution in [2.75, 3.05) is 0 Å². The zero-order valence-electron chi connectivity index (χ0n) is 15.4. The van der Waals surface area contributed by atoms with Gasteiger partial charge in [0.2, 0.25) is 0 Å². The van der Waals surface area contributed by atoms with Crippen LogP contribution >= 0.6 is 11.6 Å². The summed E-state index contributed by atoms with van der Waals surface area (Å²) in [6.07, 6.45) is 4.50. The van der Waals surface area contributed by atoms with Gasteiger partial charge in [-0.15, -0.1) is 0 Å². The second-order valence-electron chi connectivity index (χ2n) is 6.04. The summed E-state index contributed by atoms with van der Waals surface area (Å²) in [4.78, 5) is 12.1. The smallest absolute Gasteiger partial charge is 0.271 e.